The Labute approximate surface area is 189 Å². The number of nitrogens with one attached hydrogen (secondary N) is 2. The van der Waals surface area contributed by atoms with E-state index in [1.54, 1.807) is 11.3 Å². The smallest absolute Gasteiger partial charge is 0.257 e. The molecule has 0 unspecified atom stereocenters. The molecule has 0 spiro atoms. The third-order valence-corrected chi connectivity index (χ3v) is 6.82. The molecule has 2 amide bonds. The number of anilines is 1. The molecule has 1 aliphatic rings. The summed E-state index contributed by atoms with van der Waals surface area (Å²) in [4.78, 5) is 27.7. The number of rotatable bonds is 7. The van der Waals surface area contributed by atoms with Crippen LogP contribution in [0.5, 0.6) is 0 Å². The lowest BCUT2D eigenvalue weighted by atomic mass is 10.0. The molecular formula is C21H24N6O2S2. The highest BCUT2D eigenvalue weighted by Crippen LogP contribution is 2.27. The molecule has 0 saturated carbocycles. The standard InChI is InChI=1S/C21H24N6O2S2/c1-2-27-20(17-10-6-12-30-17)24-25-21(27)31-14-19(29)23-22-18(28)13-26-11-5-8-15-7-3-4-9-16(15)26/h3-4,6-7,9-10,12H,2,5,8,11,13-14H2,1H3,(H,22,28)(H,23,29). The molecule has 3 aromatic rings. The number of amides is 2. The predicted octanol–water partition coefficient (Wildman–Crippen LogP) is 2.72. The molecular weight excluding hydrogens is 432 g/mol. The van der Waals surface area contributed by atoms with Gasteiger partial charge in [0.2, 0.25) is 5.91 Å². The lowest BCUT2D eigenvalue weighted by Crippen LogP contribution is -2.47. The number of hydrazine groups is 1. The van der Waals surface area contributed by atoms with Crippen molar-refractivity contribution in [2.45, 2.75) is 31.5 Å². The van der Waals surface area contributed by atoms with Gasteiger partial charge in [-0.15, -0.1) is 21.5 Å². The maximum absolute atomic E-state index is 12.3. The van der Waals surface area contributed by atoms with Crippen molar-refractivity contribution in [1.29, 1.82) is 0 Å². The Hall–Kier alpha value is -2.85. The second kappa shape index (κ2) is 9.97. The second-order valence-electron chi connectivity index (χ2n) is 7.07. The number of thioether (sulfide) groups is 1. The highest BCUT2D eigenvalue weighted by atomic mass is 32.2. The maximum atomic E-state index is 12.3. The Morgan fingerprint density at radius 1 is 1.13 bits per heavy atom. The zero-order chi connectivity index (χ0) is 21.6. The largest absolute Gasteiger partial charge is 0.362 e. The van der Waals surface area contributed by atoms with E-state index in [1.165, 1.54) is 17.3 Å². The Kier molecular flexibility index (Phi) is 6.88. The number of nitrogens with zero attached hydrogens (tertiary/aromatic N) is 4. The molecule has 31 heavy (non-hydrogen) atoms. The molecule has 10 heteroatoms. The van der Waals surface area contributed by atoms with E-state index in [-0.39, 0.29) is 24.1 Å². The van der Waals surface area contributed by atoms with E-state index >= 15 is 0 Å². The van der Waals surface area contributed by atoms with Crippen molar-refractivity contribution in [2.24, 2.45) is 0 Å². The third-order valence-electron chi connectivity index (χ3n) is 4.99. The second-order valence-corrected chi connectivity index (χ2v) is 8.96. The first kappa shape index (κ1) is 21.4. The van der Waals surface area contributed by atoms with E-state index in [4.69, 9.17) is 0 Å². The number of aromatic nitrogens is 3. The molecule has 0 bridgehead atoms. The minimum Gasteiger partial charge on any atom is -0.362 e. The summed E-state index contributed by atoms with van der Waals surface area (Å²) in [7, 11) is 0. The Morgan fingerprint density at radius 3 is 2.77 bits per heavy atom. The van der Waals surface area contributed by atoms with Crippen LogP contribution >= 0.6 is 23.1 Å². The molecule has 0 atom stereocenters. The van der Waals surface area contributed by atoms with Gasteiger partial charge in [-0.1, -0.05) is 36.0 Å². The van der Waals surface area contributed by atoms with Crippen LogP contribution in [-0.2, 0) is 22.6 Å². The monoisotopic (exact) mass is 456 g/mol. The Bertz CT molecular complexity index is 1050. The van der Waals surface area contributed by atoms with E-state index < -0.39 is 0 Å². The van der Waals surface area contributed by atoms with Gasteiger partial charge in [-0.3, -0.25) is 20.4 Å². The number of carbonyl (C=O) groups excluding carboxylic acids is 2. The van der Waals surface area contributed by atoms with E-state index in [0.29, 0.717) is 11.7 Å². The van der Waals surface area contributed by atoms with Gasteiger partial charge in [-0.25, -0.2) is 0 Å². The van der Waals surface area contributed by atoms with Crippen LogP contribution in [0.2, 0.25) is 0 Å². The van der Waals surface area contributed by atoms with Crippen LogP contribution in [0.3, 0.4) is 0 Å². The Morgan fingerprint density at radius 2 is 1.97 bits per heavy atom. The van der Waals surface area contributed by atoms with Crippen LogP contribution in [0.4, 0.5) is 5.69 Å². The van der Waals surface area contributed by atoms with Crippen molar-refractivity contribution >= 4 is 40.6 Å². The van der Waals surface area contributed by atoms with E-state index in [2.05, 4.69) is 27.1 Å². The highest BCUT2D eigenvalue weighted by molar-refractivity contribution is 7.99. The molecule has 4 rings (SSSR count). The summed E-state index contributed by atoms with van der Waals surface area (Å²) >= 11 is 2.90. The normalized spacial score (nSPS) is 13.0. The first-order valence-electron chi connectivity index (χ1n) is 10.2. The van der Waals surface area contributed by atoms with Crippen molar-refractivity contribution in [3.05, 3.63) is 47.3 Å². The molecule has 0 aliphatic carbocycles. The number of benzene rings is 1. The summed E-state index contributed by atoms with van der Waals surface area (Å²) in [6, 6.07) is 12.1. The first-order valence-corrected chi connectivity index (χ1v) is 12.0. The lowest BCUT2D eigenvalue weighted by molar-refractivity contribution is -0.126. The number of carbonyl (C=O) groups is 2. The fourth-order valence-electron chi connectivity index (χ4n) is 3.56. The van der Waals surface area contributed by atoms with Gasteiger partial charge in [-0.05, 0) is 42.8 Å². The fraction of sp³-hybridized carbons (Fsp3) is 0.333. The summed E-state index contributed by atoms with van der Waals surface area (Å²) in [5.74, 6) is 0.401. The molecule has 0 saturated heterocycles. The van der Waals surface area contributed by atoms with Gasteiger partial charge in [0.15, 0.2) is 11.0 Å². The number of fused-ring (bicyclic) bond motifs is 1. The van der Waals surface area contributed by atoms with E-state index in [9.17, 15) is 9.59 Å². The van der Waals surface area contributed by atoms with Gasteiger partial charge in [-0.2, -0.15) is 0 Å². The SMILES string of the molecule is CCn1c(SCC(=O)NNC(=O)CN2CCCc3ccccc32)nnc1-c1cccs1. The summed E-state index contributed by atoms with van der Waals surface area (Å²) in [6.45, 7) is 3.76. The molecule has 162 valence electrons. The number of thiophene rings is 1. The first-order chi connectivity index (χ1) is 15.2. The predicted molar refractivity (Wildman–Crippen MR) is 123 cm³/mol. The number of aryl methyl sites for hydroxylation is 1. The van der Waals surface area contributed by atoms with Gasteiger partial charge in [0.1, 0.15) is 0 Å². The number of hydrogen-bond donors (Lipinski definition) is 2. The molecule has 3 heterocycles. The lowest BCUT2D eigenvalue weighted by Gasteiger charge is -2.30. The average molecular weight is 457 g/mol. The molecule has 1 aliphatic heterocycles. The average Bonchev–Trinajstić information content (AvgIpc) is 3.46. The van der Waals surface area contributed by atoms with Gasteiger partial charge in [0.25, 0.3) is 5.91 Å². The summed E-state index contributed by atoms with van der Waals surface area (Å²) in [5, 5.41) is 11.2. The minimum absolute atomic E-state index is 0.134. The maximum Gasteiger partial charge on any atom is 0.257 e. The number of hydrogen-bond acceptors (Lipinski definition) is 7. The van der Waals surface area contributed by atoms with Crippen LogP contribution in [0.25, 0.3) is 10.7 Å². The summed E-state index contributed by atoms with van der Waals surface area (Å²) < 4.78 is 1.98. The molecule has 1 aromatic carbocycles. The molecule has 2 aromatic heterocycles. The summed E-state index contributed by atoms with van der Waals surface area (Å²) in [5.41, 5.74) is 7.36. The van der Waals surface area contributed by atoms with Crippen molar-refractivity contribution in [3.8, 4) is 10.7 Å². The molecule has 0 fully saturated rings. The van der Waals surface area contributed by atoms with Gasteiger partial charge in [0.05, 0.1) is 17.2 Å². The summed E-state index contributed by atoms with van der Waals surface area (Å²) in [6.07, 6.45) is 2.04. The van der Waals surface area contributed by atoms with Crippen molar-refractivity contribution in [2.75, 3.05) is 23.7 Å². The molecule has 2 N–H and O–H groups in total. The molecule has 0 radical (unpaired) electrons. The van der Waals surface area contributed by atoms with Crippen molar-refractivity contribution in [1.82, 2.24) is 25.6 Å². The zero-order valence-corrected chi connectivity index (χ0v) is 18.8. The fourth-order valence-corrected chi connectivity index (χ4v) is 5.08. The topological polar surface area (TPSA) is 92.2 Å². The van der Waals surface area contributed by atoms with Crippen LogP contribution in [0.1, 0.15) is 18.9 Å². The van der Waals surface area contributed by atoms with Crippen molar-refractivity contribution < 1.29 is 9.59 Å². The van der Waals surface area contributed by atoms with Crippen LogP contribution in [0, 0.1) is 0 Å². The highest BCUT2D eigenvalue weighted by Gasteiger charge is 2.19. The number of para-hydroxylation sites is 1. The van der Waals surface area contributed by atoms with Crippen LogP contribution < -0.4 is 15.8 Å². The van der Waals surface area contributed by atoms with E-state index in [1.807, 2.05) is 52.1 Å². The van der Waals surface area contributed by atoms with E-state index in [0.717, 1.165) is 35.8 Å². The van der Waals surface area contributed by atoms with Gasteiger partial charge in [0, 0.05) is 18.8 Å². The van der Waals surface area contributed by atoms with Crippen molar-refractivity contribution in [3.63, 3.8) is 0 Å². The van der Waals surface area contributed by atoms with Crippen LogP contribution in [0.15, 0.2) is 46.9 Å². The Balaban J connectivity index is 1.26. The molecule has 8 nitrogen and oxygen atoms in total. The van der Waals surface area contributed by atoms with Crippen LogP contribution in [-0.4, -0.2) is 45.4 Å². The van der Waals surface area contributed by atoms with Gasteiger partial charge >= 0.3 is 0 Å². The minimum atomic E-state index is -0.291. The van der Waals surface area contributed by atoms with Gasteiger partial charge < -0.3 is 9.47 Å². The zero-order valence-electron chi connectivity index (χ0n) is 17.2. The quantitative estimate of drug-likeness (QED) is 0.420. The third kappa shape index (κ3) is 5.08.